The maximum absolute atomic E-state index is 10.8. The van der Waals surface area contributed by atoms with Gasteiger partial charge in [-0.15, -0.1) is 0 Å². The van der Waals surface area contributed by atoms with Gasteiger partial charge in [0, 0.05) is 6.16 Å². The van der Waals surface area contributed by atoms with Crippen LogP contribution in [0.15, 0.2) is 0 Å². The van der Waals surface area contributed by atoms with Crippen LogP contribution in [0.1, 0.15) is 32.1 Å². The van der Waals surface area contributed by atoms with Crippen LogP contribution in [0.5, 0.6) is 0 Å². The van der Waals surface area contributed by atoms with E-state index >= 15 is 0 Å². The number of unbranched alkanes of at least 4 members (excludes halogenated alkanes) is 1. The first-order valence-electron chi connectivity index (χ1n) is 5.89. The third kappa shape index (κ3) is 6.17. The highest BCUT2D eigenvalue weighted by molar-refractivity contribution is 7.51. The molecule has 2 atom stereocenters. The molecule has 0 bridgehead atoms. The summed E-state index contributed by atoms with van der Waals surface area (Å²) >= 11 is 0. The van der Waals surface area contributed by atoms with Gasteiger partial charge in [0.15, 0.2) is 0 Å². The Balaban J connectivity index is 2.19. The first kappa shape index (κ1) is 14.6. The molecular formula is C10H20NO5P. The lowest BCUT2D eigenvalue weighted by Gasteiger charge is -2.27. The first-order chi connectivity index (χ1) is 7.88. The Bertz CT molecular complexity index is 303. The number of nitrogens with one attached hydrogen (secondary N) is 1. The Morgan fingerprint density at radius 3 is 2.65 bits per heavy atom. The predicted octanol–water partition coefficient (Wildman–Crippen LogP) is 0.787. The molecular weight excluding hydrogens is 245 g/mol. The van der Waals surface area contributed by atoms with Gasteiger partial charge in [0.05, 0.1) is 0 Å². The lowest BCUT2D eigenvalue weighted by Crippen LogP contribution is -2.43. The van der Waals surface area contributed by atoms with Gasteiger partial charge in [-0.05, 0) is 31.7 Å². The molecule has 1 fully saturated rings. The minimum absolute atomic E-state index is 0.0691. The SMILES string of the molecule is O=C(O)[C@@H]1C[C@H](CCCCP(=O)(O)O)CCN1. The van der Waals surface area contributed by atoms with Gasteiger partial charge < -0.3 is 20.2 Å². The zero-order valence-corrected chi connectivity index (χ0v) is 10.6. The van der Waals surface area contributed by atoms with E-state index in [4.69, 9.17) is 14.9 Å². The summed E-state index contributed by atoms with van der Waals surface area (Å²) < 4.78 is 10.6. The Labute approximate surface area is 101 Å². The van der Waals surface area contributed by atoms with Crippen LogP contribution in [0.3, 0.4) is 0 Å². The number of hydrogen-bond acceptors (Lipinski definition) is 3. The molecule has 0 saturated carbocycles. The molecule has 0 aromatic rings. The number of aliphatic carboxylic acids is 1. The summed E-state index contributed by atoms with van der Waals surface area (Å²) in [5.74, 6) is -0.459. The molecule has 1 saturated heterocycles. The minimum atomic E-state index is -3.87. The maximum atomic E-state index is 10.8. The molecule has 1 heterocycles. The summed E-state index contributed by atoms with van der Waals surface area (Å²) in [6.45, 7) is 0.708. The molecule has 1 aliphatic rings. The summed E-state index contributed by atoms with van der Waals surface area (Å²) in [6, 6.07) is -0.462. The molecule has 0 amide bonds. The fraction of sp³-hybridized carbons (Fsp3) is 0.900. The van der Waals surface area contributed by atoms with E-state index in [0.29, 0.717) is 25.3 Å². The maximum Gasteiger partial charge on any atom is 0.325 e. The molecule has 100 valence electrons. The molecule has 0 radical (unpaired) electrons. The second kappa shape index (κ2) is 6.50. The van der Waals surface area contributed by atoms with Crippen LogP contribution in [0, 0.1) is 5.92 Å². The number of hydrogen-bond donors (Lipinski definition) is 4. The van der Waals surface area contributed by atoms with Crippen LogP contribution in [-0.2, 0) is 9.36 Å². The van der Waals surface area contributed by atoms with Crippen LogP contribution in [-0.4, -0.2) is 39.6 Å². The van der Waals surface area contributed by atoms with Crippen molar-refractivity contribution in [2.75, 3.05) is 12.7 Å². The molecule has 0 aromatic heterocycles. The first-order valence-corrected chi connectivity index (χ1v) is 7.69. The van der Waals surface area contributed by atoms with E-state index in [-0.39, 0.29) is 6.16 Å². The van der Waals surface area contributed by atoms with Gasteiger partial charge in [-0.3, -0.25) is 9.36 Å². The number of carboxylic acid groups (broad SMARTS) is 1. The summed E-state index contributed by atoms with van der Waals surface area (Å²) in [7, 11) is -3.87. The quantitative estimate of drug-likeness (QED) is 0.418. The van der Waals surface area contributed by atoms with E-state index in [2.05, 4.69) is 5.32 Å². The van der Waals surface area contributed by atoms with E-state index in [0.717, 1.165) is 19.3 Å². The lowest BCUT2D eigenvalue weighted by atomic mass is 9.88. The highest BCUT2D eigenvalue weighted by Crippen LogP contribution is 2.36. The molecule has 7 heteroatoms. The summed E-state index contributed by atoms with van der Waals surface area (Å²) in [6.07, 6.45) is 3.60. The zero-order valence-electron chi connectivity index (χ0n) is 9.71. The van der Waals surface area contributed by atoms with Gasteiger partial charge in [-0.25, -0.2) is 0 Å². The second-order valence-corrected chi connectivity index (χ2v) is 6.40. The van der Waals surface area contributed by atoms with Crippen LogP contribution in [0.2, 0.25) is 0 Å². The molecule has 0 unspecified atom stereocenters. The second-order valence-electron chi connectivity index (χ2n) is 4.62. The van der Waals surface area contributed by atoms with Crippen LogP contribution < -0.4 is 5.32 Å². The Hall–Kier alpha value is -0.420. The highest BCUT2D eigenvalue weighted by Gasteiger charge is 2.26. The van der Waals surface area contributed by atoms with E-state index in [1.54, 1.807) is 0 Å². The van der Waals surface area contributed by atoms with E-state index in [1.165, 1.54) is 0 Å². The third-order valence-corrected chi connectivity index (χ3v) is 4.02. The van der Waals surface area contributed by atoms with Crippen molar-refractivity contribution in [2.24, 2.45) is 5.92 Å². The van der Waals surface area contributed by atoms with E-state index in [1.807, 2.05) is 0 Å². The predicted molar refractivity (Wildman–Crippen MR) is 62.9 cm³/mol. The fourth-order valence-electron chi connectivity index (χ4n) is 2.20. The number of carboxylic acids is 1. The van der Waals surface area contributed by atoms with Crippen LogP contribution >= 0.6 is 7.60 Å². The van der Waals surface area contributed by atoms with E-state index in [9.17, 15) is 9.36 Å². The topological polar surface area (TPSA) is 107 Å². The van der Waals surface area contributed by atoms with E-state index < -0.39 is 19.6 Å². The average molecular weight is 265 g/mol. The van der Waals surface area contributed by atoms with Crippen LogP contribution in [0.25, 0.3) is 0 Å². The monoisotopic (exact) mass is 265 g/mol. The largest absolute Gasteiger partial charge is 0.480 e. The Morgan fingerprint density at radius 2 is 2.06 bits per heavy atom. The minimum Gasteiger partial charge on any atom is -0.480 e. The number of rotatable bonds is 6. The van der Waals surface area contributed by atoms with Crippen LogP contribution in [0.4, 0.5) is 0 Å². The number of piperidine rings is 1. The van der Waals surface area contributed by atoms with Gasteiger partial charge in [0.1, 0.15) is 6.04 Å². The summed E-state index contributed by atoms with van der Waals surface area (Å²) in [5, 5.41) is 11.8. The summed E-state index contributed by atoms with van der Waals surface area (Å²) in [5.41, 5.74) is 0. The molecule has 1 rings (SSSR count). The van der Waals surface area contributed by atoms with Crippen molar-refractivity contribution in [3.63, 3.8) is 0 Å². The smallest absolute Gasteiger partial charge is 0.325 e. The van der Waals surface area contributed by atoms with Crippen molar-refractivity contribution in [2.45, 2.75) is 38.1 Å². The van der Waals surface area contributed by atoms with Gasteiger partial charge in [0.25, 0.3) is 0 Å². The highest BCUT2D eigenvalue weighted by atomic mass is 31.2. The standard InChI is InChI=1S/C10H20NO5P/c12-10(13)9-7-8(4-5-11-9)3-1-2-6-17(14,15)16/h8-9,11H,1-7H2,(H,12,13)(H2,14,15,16)/t8-,9+/m1/s1. The Morgan fingerprint density at radius 1 is 1.35 bits per heavy atom. The molecule has 0 spiro atoms. The van der Waals surface area contributed by atoms with Gasteiger partial charge in [-0.1, -0.05) is 12.8 Å². The Kier molecular flexibility index (Phi) is 5.59. The van der Waals surface area contributed by atoms with Gasteiger partial charge in [0.2, 0.25) is 0 Å². The van der Waals surface area contributed by atoms with Gasteiger partial charge in [-0.2, -0.15) is 0 Å². The summed E-state index contributed by atoms with van der Waals surface area (Å²) in [4.78, 5) is 28.2. The molecule has 4 N–H and O–H groups in total. The van der Waals surface area contributed by atoms with Crippen molar-refractivity contribution in [3.8, 4) is 0 Å². The molecule has 17 heavy (non-hydrogen) atoms. The van der Waals surface area contributed by atoms with Crippen molar-refractivity contribution in [1.29, 1.82) is 0 Å². The third-order valence-electron chi connectivity index (χ3n) is 3.12. The van der Waals surface area contributed by atoms with Crippen molar-refractivity contribution < 1.29 is 24.3 Å². The fourth-order valence-corrected chi connectivity index (χ4v) is 2.83. The molecule has 6 nitrogen and oxygen atoms in total. The molecule has 0 aliphatic carbocycles. The average Bonchev–Trinajstić information content (AvgIpc) is 2.23. The van der Waals surface area contributed by atoms with Crippen molar-refractivity contribution >= 4 is 13.6 Å². The van der Waals surface area contributed by atoms with Crippen molar-refractivity contribution in [1.82, 2.24) is 5.32 Å². The zero-order chi connectivity index (χ0) is 12.9. The normalized spacial score (nSPS) is 25.8. The lowest BCUT2D eigenvalue weighted by molar-refractivity contribution is -0.140. The molecule has 0 aromatic carbocycles. The number of carbonyl (C=O) groups is 1. The van der Waals surface area contributed by atoms with Crippen molar-refractivity contribution in [3.05, 3.63) is 0 Å². The molecule has 1 aliphatic heterocycles. The van der Waals surface area contributed by atoms with Gasteiger partial charge >= 0.3 is 13.6 Å².